The van der Waals surface area contributed by atoms with E-state index >= 15 is 0 Å². The minimum Gasteiger partial charge on any atom is -0.477 e. The minimum atomic E-state index is -1.21. The summed E-state index contributed by atoms with van der Waals surface area (Å²) in [5.41, 5.74) is -1.40. The van der Waals surface area contributed by atoms with E-state index in [0.717, 1.165) is 0 Å². The summed E-state index contributed by atoms with van der Waals surface area (Å²) in [6, 6.07) is 0. The minimum absolute atomic E-state index is 0.0306. The Morgan fingerprint density at radius 1 is 1.21 bits per heavy atom. The molecule has 0 bridgehead atoms. The zero-order chi connectivity index (χ0) is 13.6. The molecule has 10 nitrogen and oxygen atoms in total. The smallest absolute Gasteiger partial charge is 0.354 e. The summed E-state index contributed by atoms with van der Waals surface area (Å²) >= 11 is 0. The molecule has 3 rings (SSSR count). The maximum absolute atomic E-state index is 11.5. The molecule has 19 heavy (non-hydrogen) atoms. The van der Waals surface area contributed by atoms with Gasteiger partial charge in [0.15, 0.2) is 17.2 Å². The SMILES string of the molecule is O=C(O)c1[nH]cnc1-c1nc2[nH]c(=O)[nH]c(=O)c2[nH]1. The normalized spacial score (nSPS) is 10.9. The zero-order valence-electron chi connectivity index (χ0n) is 9.14. The summed E-state index contributed by atoms with van der Waals surface area (Å²) in [7, 11) is 0. The van der Waals surface area contributed by atoms with Gasteiger partial charge in [-0.2, -0.15) is 0 Å². The van der Waals surface area contributed by atoms with Crippen LogP contribution in [0.3, 0.4) is 0 Å². The lowest BCUT2D eigenvalue weighted by atomic mass is 10.3. The van der Waals surface area contributed by atoms with Crippen LogP contribution in [0.2, 0.25) is 0 Å². The molecular formula is C9H6N6O4. The summed E-state index contributed by atoms with van der Waals surface area (Å²) < 4.78 is 0. The van der Waals surface area contributed by atoms with E-state index in [4.69, 9.17) is 5.11 Å². The number of carbonyl (C=O) groups is 1. The number of imidazole rings is 2. The molecule has 5 N–H and O–H groups in total. The van der Waals surface area contributed by atoms with Gasteiger partial charge in [0.05, 0.1) is 6.33 Å². The third-order valence-corrected chi connectivity index (χ3v) is 2.47. The van der Waals surface area contributed by atoms with Gasteiger partial charge in [0.25, 0.3) is 5.56 Å². The predicted molar refractivity (Wildman–Crippen MR) is 61.9 cm³/mol. The third kappa shape index (κ3) is 1.62. The van der Waals surface area contributed by atoms with Crippen LogP contribution in [-0.4, -0.2) is 41.0 Å². The van der Waals surface area contributed by atoms with Crippen LogP contribution >= 0.6 is 0 Å². The second-order valence-electron chi connectivity index (χ2n) is 3.65. The molecule has 0 saturated heterocycles. The van der Waals surface area contributed by atoms with Crippen molar-refractivity contribution in [3.63, 3.8) is 0 Å². The van der Waals surface area contributed by atoms with Crippen LogP contribution in [0.25, 0.3) is 22.7 Å². The van der Waals surface area contributed by atoms with Crippen molar-refractivity contribution < 1.29 is 9.90 Å². The lowest BCUT2D eigenvalue weighted by Gasteiger charge is -1.92. The van der Waals surface area contributed by atoms with Crippen molar-refractivity contribution >= 4 is 17.1 Å². The van der Waals surface area contributed by atoms with Crippen LogP contribution in [0.15, 0.2) is 15.9 Å². The molecule has 0 aromatic carbocycles. The summed E-state index contributed by atoms with van der Waals surface area (Å²) in [6.07, 6.45) is 1.19. The average Bonchev–Trinajstić information content (AvgIpc) is 2.92. The van der Waals surface area contributed by atoms with Crippen LogP contribution in [0.1, 0.15) is 10.5 Å². The summed E-state index contributed by atoms with van der Waals surface area (Å²) in [4.78, 5) is 50.7. The lowest BCUT2D eigenvalue weighted by molar-refractivity contribution is 0.0692. The van der Waals surface area contributed by atoms with E-state index in [1.807, 2.05) is 4.98 Å². The monoisotopic (exact) mass is 262 g/mol. The number of H-pyrrole nitrogens is 4. The van der Waals surface area contributed by atoms with E-state index in [1.165, 1.54) is 6.33 Å². The number of carboxylic acids is 1. The van der Waals surface area contributed by atoms with Crippen molar-refractivity contribution in [1.29, 1.82) is 0 Å². The van der Waals surface area contributed by atoms with Crippen LogP contribution < -0.4 is 11.2 Å². The number of hydrogen-bond donors (Lipinski definition) is 5. The highest BCUT2D eigenvalue weighted by Crippen LogP contribution is 2.18. The molecule has 0 spiro atoms. The standard InChI is InChI=1S/C9H6N6O4/c16-7-4-6(14-9(19)15-7)13-5(12-4)2-3(8(17)18)11-1-10-2/h1H,(H,10,11)(H,17,18)(H3,12,13,14,15,16,19). The molecule has 0 unspecified atom stereocenters. The van der Waals surface area contributed by atoms with E-state index in [9.17, 15) is 14.4 Å². The Morgan fingerprint density at radius 2 is 2.00 bits per heavy atom. The highest BCUT2D eigenvalue weighted by molar-refractivity contribution is 5.92. The Bertz CT molecular complexity index is 897. The fraction of sp³-hybridized carbons (Fsp3) is 0. The molecule has 0 aliphatic rings. The van der Waals surface area contributed by atoms with Gasteiger partial charge in [-0.05, 0) is 0 Å². The van der Waals surface area contributed by atoms with Gasteiger partial charge >= 0.3 is 11.7 Å². The summed E-state index contributed by atoms with van der Waals surface area (Å²) in [5, 5.41) is 8.95. The number of nitrogens with one attached hydrogen (secondary N) is 4. The molecule has 10 heteroatoms. The number of aromatic amines is 4. The molecule has 0 aliphatic carbocycles. The maximum Gasteiger partial charge on any atom is 0.354 e. The van der Waals surface area contributed by atoms with Crippen molar-refractivity contribution in [2.24, 2.45) is 0 Å². The van der Waals surface area contributed by atoms with Crippen LogP contribution in [0.4, 0.5) is 0 Å². The largest absolute Gasteiger partial charge is 0.477 e. The van der Waals surface area contributed by atoms with Crippen molar-refractivity contribution in [2.45, 2.75) is 0 Å². The quantitative estimate of drug-likeness (QED) is 0.399. The Balaban J connectivity index is 2.29. The number of fused-ring (bicyclic) bond motifs is 1. The molecule has 0 fully saturated rings. The molecule has 0 atom stereocenters. The van der Waals surface area contributed by atoms with E-state index in [2.05, 4.69) is 24.9 Å². The lowest BCUT2D eigenvalue weighted by Crippen LogP contribution is -2.21. The van der Waals surface area contributed by atoms with Crippen molar-refractivity contribution in [2.75, 3.05) is 0 Å². The highest BCUT2D eigenvalue weighted by atomic mass is 16.4. The topological polar surface area (TPSA) is 160 Å². The molecule has 3 heterocycles. The van der Waals surface area contributed by atoms with Crippen molar-refractivity contribution in [3.8, 4) is 11.5 Å². The molecule has 3 aromatic rings. The van der Waals surface area contributed by atoms with E-state index in [0.29, 0.717) is 0 Å². The number of rotatable bonds is 2. The van der Waals surface area contributed by atoms with E-state index in [1.54, 1.807) is 0 Å². The van der Waals surface area contributed by atoms with Gasteiger partial charge in [-0.3, -0.25) is 14.8 Å². The summed E-state index contributed by atoms with van der Waals surface area (Å²) in [5.74, 6) is -1.14. The molecule has 96 valence electrons. The summed E-state index contributed by atoms with van der Waals surface area (Å²) in [6.45, 7) is 0. The molecule has 0 saturated carbocycles. The van der Waals surface area contributed by atoms with Gasteiger partial charge in [-0.1, -0.05) is 0 Å². The van der Waals surface area contributed by atoms with Gasteiger partial charge in [-0.15, -0.1) is 0 Å². The van der Waals surface area contributed by atoms with Gasteiger partial charge < -0.3 is 15.1 Å². The fourth-order valence-electron chi connectivity index (χ4n) is 1.68. The first-order valence-electron chi connectivity index (χ1n) is 5.05. The Hall–Kier alpha value is -3.17. The Morgan fingerprint density at radius 3 is 2.74 bits per heavy atom. The first-order chi connectivity index (χ1) is 9.06. The number of carboxylic acid groups (broad SMARTS) is 1. The predicted octanol–water partition coefficient (Wildman–Crippen LogP) is -0.972. The van der Waals surface area contributed by atoms with Crippen molar-refractivity contribution in [1.82, 2.24) is 29.9 Å². The van der Waals surface area contributed by atoms with Crippen molar-refractivity contribution in [3.05, 3.63) is 32.9 Å². The van der Waals surface area contributed by atoms with Crippen LogP contribution in [-0.2, 0) is 0 Å². The highest BCUT2D eigenvalue weighted by Gasteiger charge is 2.18. The third-order valence-electron chi connectivity index (χ3n) is 2.47. The average molecular weight is 262 g/mol. The Kier molecular flexibility index (Phi) is 2.11. The van der Waals surface area contributed by atoms with Crippen LogP contribution in [0, 0.1) is 0 Å². The second kappa shape index (κ2) is 3.66. The van der Waals surface area contributed by atoms with E-state index < -0.39 is 17.2 Å². The molecule has 0 radical (unpaired) electrons. The first kappa shape index (κ1) is 11.0. The molecule has 0 aliphatic heterocycles. The van der Waals surface area contributed by atoms with Gasteiger partial charge in [0, 0.05) is 0 Å². The number of aromatic nitrogens is 6. The van der Waals surface area contributed by atoms with Gasteiger partial charge in [0.2, 0.25) is 0 Å². The number of aromatic carboxylic acids is 1. The van der Waals surface area contributed by atoms with Gasteiger partial charge in [-0.25, -0.2) is 19.6 Å². The zero-order valence-corrected chi connectivity index (χ0v) is 9.14. The Labute approximate surface area is 102 Å². The molecular weight excluding hydrogens is 256 g/mol. The van der Waals surface area contributed by atoms with Crippen LogP contribution in [0.5, 0.6) is 0 Å². The molecule has 3 aromatic heterocycles. The maximum atomic E-state index is 11.5. The second-order valence-corrected chi connectivity index (χ2v) is 3.65. The first-order valence-corrected chi connectivity index (χ1v) is 5.05. The number of nitrogens with zero attached hydrogens (tertiary/aromatic N) is 2. The van der Waals surface area contributed by atoms with E-state index in [-0.39, 0.29) is 28.4 Å². The molecule has 0 amide bonds. The fourth-order valence-corrected chi connectivity index (χ4v) is 1.68. The van der Waals surface area contributed by atoms with Gasteiger partial charge in [0.1, 0.15) is 11.2 Å². The number of hydrogen-bond acceptors (Lipinski definition) is 5.